The van der Waals surface area contributed by atoms with Crippen LogP contribution in [0.5, 0.6) is 0 Å². The number of hydrogen-bond donors (Lipinski definition) is 1. The molecule has 2 aliphatic heterocycles. The van der Waals surface area contributed by atoms with Crippen molar-refractivity contribution in [2.45, 2.75) is 51.1 Å². The first-order valence-electron chi connectivity index (χ1n) is 7.18. The van der Waals surface area contributed by atoms with E-state index in [2.05, 4.69) is 30.7 Å². The van der Waals surface area contributed by atoms with Gasteiger partial charge >= 0.3 is 0 Å². The summed E-state index contributed by atoms with van der Waals surface area (Å²) in [7, 11) is 2.13. The second-order valence-corrected chi connectivity index (χ2v) is 6.47. The van der Waals surface area contributed by atoms with Gasteiger partial charge < -0.3 is 15.5 Å². The zero-order valence-electron chi connectivity index (χ0n) is 12.0. The van der Waals surface area contributed by atoms with E-state index in [1.165, 1.54) is 0 Å². The van der Waals surface area contributed by atoms with Gasteiger partial charge in [0.25, 0.3) is 0 Å². The second kappa shape index (κ2) is 5.17. The van der Waals surface area contributed by atoms with Crippen LogP contribution in [0.1, 0.15) is 39.5 Å². The van der Waals surface area contributed by atoms with Gasteiger partial charge in [0, 0.05) is 18.5 Å². The number of carbonyl (C=O) groups is 1. The van der Waals surface area contributed by atoms with Crippen molar-refractivity contribution in [1.82, 2.24) is 9.80 Å². The van der Waals surface area contributed by atoms with Crippen LogP contribution in [-0.2, 0) is 4.79 Å². The van der Waals surface area contributed by atoms with Crippen LogP contribution >= 0.6 is 0 Å². The normalized spacial score (nSPS) is 30.4. The summed E-state index contributed by atoms with van der Waals surface area (Å²) in [5, 5.41) is 0. The lowest BCUT2D eigenvalue weighted by molar-refractivity contribution is -0.145. The highest BCUT2D eigenvalue weighted by atomic mass is 16.2. The highest BCUT2D eigenvalue weighted by Gasteiger charge is 2.41. The quantitative estimate of drug-likeness (QED) is 0.760. The Morgan fingerprint density at radius 2 is 1.78 bits per heavy atom. The molecule has 18 heavy (non-hydrogen) atoms. The van der Waals surface area contributed by atoms with Gasteiger partial charge in [-0.3, -0.25) is 4.79 Å². The molecule has 1 unspecified atom stereocenters. The maximum Gasteiger partial charge on any atom is 0.226 e. The molecule has 2 N–H and O–H groups in total. The molecule has 0 spiro atoms. The van der Waals surface area contributed by atoms with E-state index in [1.807, 2.05) is 0 Å². The van der Waals surface area contributed by atoms with Crippen LogP contribution in [0, 0.1) is 5.92 Å². The van der Waals surface area contributed by atoms with Crippen molar-refractivity contribution in [3.63, 3.8) is 0 Å². The number of rotatable bonds is 1. The molecule has 2 heterocycles. The van der Waals surface area contributed by atoms with E-state index < -0.39 is 0 Å². The van der Waals surface area contributed by atoms with Crippen molar-refractivity contribution in [3.05, 3.63) is 0 Å². The molecule has 0 bridgehead atoms. The fraction of sp³-hybridized carbons (Fsp3) is 0.929. The Bertz CT molecular complexity index is 308. The first-order valence-corrected chi connectivity index (χ1v) is 7.18. The van der Waals surface area contributed by atoms with Crippen molar-refractivity contribution in [2.75, 3.05) is 26.7 Å². The van der Waals surface area contributed by atoms with Gasteiger partial charge in [-0.25, -0.2) is 0 Å². The summed E-state index contributed by atoms with van der Waals surface area (Å²) in [5.74, 6) is 0.550. The summed E-state index contributed by atoms with van der Waals surface area (Å²) >= 11 is 0. The van der Waals surface area contributed by atoms with Gasteiger partial charge in [-0.1, -0.05) is 0 Å². The molecule has 2 aliphatic rings. The summed E-state index contributed by atoms with van der Waals surface area (Å²) in [6.45, 7) is 7.19. The monoisotopic (exact) mass is 253 g/mol. The topological polar surface area (TPSA) is 49.6 Å². The minimum Gasteiger partial charge on any atom is -0.336 e. The zero-order chi connectivity index (χ0) is 13.3. The minimum atomic E-state index is -0.182. The third-order valence-electron chi connectivity index (χ3n) is 4.83. The molecule has 0 radical (unpaired) electrons. The first-order chi connectivity index (χ1) is 8.43. The molecule has 0 aromatic rings. The van der Waals surface area contributed by atoms with Gasteiger partial charge in [0.1, 0.15) is 0 Å². The predicted octanol–water partition coefficient (Wildman–Crippen LogP) is 1.06. The first kappa shape index (κ1) is 13.8. The molecule has 0 aromatic heterocycles. The number of piperidine rings is 2. The molecular weight excluding hydrogens is 226 g/mol. The van der Waals surface area contributed by atoms with Gasteiger partial charge in [0.2, 0.25) is 5.91 Å². The average molecular weight is 253 g/mol. The summed E-state index contributed by atoms with van der Waals surface area (Å²) in [4.78, 5) is 17.0. The summed E-state index contributed by atoms with van der Waals surface area (Å²) in [6, 6.07) is 0.112. The molecule has 0 aromatic carbocycles. The van der Waals surface area contributed by atoms with Gasteiger partial charge in [0.05, 0.1) is 5.54 Å². The van der Waals surface area contributed by atoms with Crippen LogP contribution in [0.25, 0.3) is 0 Å². The maximum atomic E-state index is 12.7. The molecule has 104 valence electrons. The summed E-state index contributed by atoms with van der Waals surface area (Å²) in [6.07, 6.45) is 4.07. The van der Waals surface area contributed by atoms with Gasteiger partial charge in [-0.15, -0.1) is 0 Å². The zero-order valence-corrected chi connectivity index (χ0v) is 12.0. The van der Waals surface area contributed by atoms with E-state index in [-0.39, 0.29) is 17.5 Å². The van der Waals surface area contributed by atoms with E-state index in [9.17, 15) is 4.79 Å². The van der Waals surface area contributed by atoms with Crippen molar-refractivity contribution < 1.29 is 4.79 Å². The Labute approximate surface area is 110 Å². The second-order valence-electron chi connectivity index (χ2n) is 6.47. The van der Waals surface area contributed by atoms with E-state index in [4.69, 9.17) is 5.73 Å². The number of amides is 1. The number of nitrogens with zero attached hydrogens (tertiary/aromatic N) is 2. The van der Waals surface area contributed by atoms with Crippen molar-refractivity contribution in [1.29, 1.82) is 0 Å². The SMILES string of the molecule is CN1CCC(C(=O)N2CCCC(N)C2(C)C)CC1. The van der Waals surface area contributed by atoms with Crippen LogP contribution in [0.4, 0.5) is 0 Å². The van der Waals surface area contributed by atoms with Gasteiger partial charge in [-0.05, 0) is 59.7 Å². The fourth-order valence-electron chi connectivity index (χ4n) is 3.18. The van der Waals surface area contributed by atoms with Crippen LogP contribution in [0.15, 0.2) is 0 Å². The number of carbonyl (C=O) groups excluding carboxylic acids is 1. The Hall–Kier alpha value is -0.610. The highest BCUT2D eigenvalue weighted by molar-refractivity contribution is 5.80. The van der Waals surface area contributed by atoms with Crippen molar-refractivity contribution in [2.24, 2.45) is 11.7 Å². The van der Waals surface area contributed by atoms with E-state index in [0.717, 1.165) is 45.3 Å². The highest BCUT2D eigenvalue weighted by Crippen LogP contribution is 2.30. The lowest BCUT2D eigenvalue weighted by Gasteiger charge is -2.48. The Morgan fingerprint density at radius 3 is 2.39 bits per heavy atom. The molecule has 0 saturated carbocycles. The smallest absolute Gasteiger partial charge is 0.226 e. The van der Waals surface area contributed by atoms with Crippen molar-refractivity contribution >= 4 is 5.91 Å². The molecule has 1 atom stereocenters. The summed E-state index contributed by atoms with van der Waals surface area (Å²) < 4.78 is 0. The molecule has 2 rings (SSSR count). The Kier molecular flexibility index (Phi) is 3.97. The number of nitrogens with two attached hydrogens (primary N) is 1. The maximum absolute atomic E-state index is 12.7. The predicted molar refractivity (Wildman–Crippen MR) is 73.2 cm³/mol. The Morgan fingerprint density at radius 1 is 1.17 bits per heavy atom. The number of likely N-dealkylation sites (tertiary alicyclic amines) is 2. The van der Waals surface area contributed by atoms with Crippen LogP contribution in [0.3, 0.4) is 0 Å². The molecule has 0 aliphatic carbocycles. The summed E-state index contributed by atoms with van der Waals surface area (Å²) in [5.41, 5.74) is 6.01. The molecular formula is C14H27N3O. The molecule has 1 amide bonds. The standard InChI is InChI=1S/C14H27N3O/c1-14(2)12(15)5-4-8-17(14)13(18)11-6-9-16(3)10-7-11/h11-12H,4-10,15H2,1-3H3. The Balaban J connectivity index is 2.03. The van der Waals surface area contributed by atoms with E-state index in [1.54, 1.807) is 0 Å². The lowest BCUT2D eigenvalue weighted by atomic mass is 9.83. The fourth-order valence-corrected chi connectivity index (χ4v) is 3.18. The lowest BCUT2D eigenvalue weighted by Crippen LogP contribution is -2.62. The molecule has 2 fully saturated rings. The average Bonchev–Trinajstić information content (AvgIpc) is 2.33. The number of hydrogen-bond acceptors (Lipinski definition) is 3. The largest absolute Gasteiger partial charge is 0.336 e. The van der Waals surface area contributed by atoms with Crippen LogP contribution in [-0.4, -0.2) is 54.0 Å². The van der Waals surface area contributed by atoms with Crippen molar-refractivity contribution in [3.8, 4) is 0 Å². The molecule has 2 saturated heterocycles. The molecule has 4 heteroatoms. The third kappa shape index (κ3) is 2.54. The van der Waals surface area contributed by atoms with Gasteiger partial charge in [0.15, 0.2) is 0 Å². The van der Waals surface area contributed by atoms with E-state index >= 15 is 0 Å². The molecule has 4 nitrogen and oxygen atoms in total. The van der Waals surface area contributed by atoms with E-state index in [0.29, 0.717) is 5.91 Å². The third-order valence-corrected chi connectivity index (χ3v) is 4.83. The van der Waals surface area contributed by atoms with Gasteiger partial charge in [-0.2, -0.15) is 0 Å². The van der Waals surface area contributed by atoms with Crippen LogP contribution < -0.4 is 5.73 Å². The van der Waals surface area contributed by atoms with Crippen LogP contribution in [0.2, 0.25) is 0 Å². The minimum absolute atomic E-state index is 0.112.